The molecule has 2 aliphatic rings. The van der Waals surface area contributed by atoms with Crippen LogP contribution < -0.4 is 4.74 Å². The van der Waals surface area contributed by atoms with Crippen LogP contribution in [0.2, 0.25) is 0 Å². The number of methoxy groups -OCH3 is 1. The van der Waals surface area contributed by atoms with Gasteiger partial charge in [-0.05, 0) is 25.0 Å². The number of ether oxygens (including phenoxy) is 2. The lowest BCUT2D eigenvalue weighted by molar-refractivity contribution is 0.0603. The number of carbonyl (C=O) groups excluding carboxylic acids is 1. The number of rotatable bonds is 4. The number of hydrogen-bond donors (Lipinski definition) is 2. The van der Waals surface area contributed by atoms with Gasteiger partial charge in [0.05, 0.1) is 24.5 Å². The molecule has 0 amide bonds. The van der Waals surface area contributed by atoms with Gasteiger partial charge in [-0.15, -0.1) is 0 Å². The van der Waals surface area contributed by atoms with E-state index in [4.69, 9.17) is 9.47 Å². The van der Waals surface area contributed by atoms with Gasteiger partial charge in [-0.2, -0.15) is 15.7 Å². The van der Waals surface area contributed by atoms with Gasteiger partial charge >= 0.3 is 5.97 Å². The van der Waals surface area contributed by atoms with Gasteiger partial charge in [-0.3, -0.25) is 9.11 Å². The predicted molar refractivity (Wildman–Crippen MR) is 94.7 cm³/mol. The zero-order chi connectivity index (χ0) is 17.6. The standard InChI is InChI=1S/C17H22N2O5S/c1-23-17(20)13-10-18-19-14(13)4-5-15(16(19)11-2-3-11)24-12-6-8-25(21,22)9-7-12/h4-5,10-12,21-22H,2-3,6-9H2,1H3. The van der Waals surface area contributed by atoms with Crippen molar-refractivity contribution >= 4 is 22.1 Å². The molecule has 4 rings (SSSR count). The Morgan fingerprint density at radius 1 is 1.24 bits per heavy atom. The second kappa shape index (κ2) is 6.19. The molecular formula is C17H22N2O5S. The smallest absolute Gasteiger partial charge is 0.341 e. The second-order valence-corrected chi connectivity index (χ2v) is 9.15. The topological polar surface area (TPSA) is 93.3 Å². The molecular weight excluding hydrogens is 344 g/mol. The van der Waals surface area contributed by atoms with Crippen LogP contribution in [0.4, 0.5) is 0 Å². The molecule has 1 aliphatic carbocycles. The fourth-order valence-corrected chi connectivity index (χ4v) is 4.82. The largest absolute Gasteiger partial charge is 0.488 e. The number of pyridine rings is 1. The highest BCUT2D eigenvalue weighted by Gasteiger charge is 2.33. The SMILES string of the molecule is COC(=O)c1cnn2c(C3CC3)c(OC3CCS(O)(O)CC3)ccc12. The average molecular weight is 366 g/mol. The molecule has 2 aromatic heterocycles. The quantitative estimate of drug-likeness (QED) is 0.807. The van der Waals surface area contributed by atoms with Crippen LogP contribution in [0.1, 0.15) is 47.7 Å². The van der Waals surface area contributed by atoms with Crippen LogP contribution in [0.15, 0.2) is 18.3 Å². The molecule has 0 aromatic carbocycles. The molecule has 2 fully saturated rings. The highest BCUT2D eigenvalue weighted by molar-refractivity contribution is 8.24. The number of carbonyl (C=O) groups is 1. The maximum Gasteiger partial charge on any atom is 0.341 e. The minimum Gasteiger partial charge on any atom is -0.488 e. The lowest BCUT2D eigenvalue weighted by Gasteiger charge is -2.39. The van der Waals surface area contributed by atoms with Crippen molar-refractivity contribution in [1.82, 2.24) is 9.61 Å². The molecule has 2 N–H and O–H groups in total. The van der Waals surface area contributed by atoms with E-state index < -0.39 is 16.6 Å². The van der Waals surface area contributed by atoms with E-state index in [1.807, 2.05) is 12.1 Å². The Kier molecular flexibility index (Phi) is 4.13. The normalized spacial score (nSPS) is 21.9. The summed E-state index contributed by atoms with van der Waals surface area (Å²) < 4.78 is 32.3. The van der Waals surface area contributed by atoms with E-state index in [2.05, 4.69) is 5.10 Å². The molecule has 0 radical (unpaired) electrons. The van der Waals surface area contributed by atoms with Gasteiger partial charge in [0, 0.05) is 30.3 Å². The molecule has 7 nitrogen and oxygen atoms in total. The highest BCUT2D eigenvalue weighted by atomic mass is 32.3. The van der Waals surface area contributed by atoms with E-state index in [0.717, 1.165) is 29.8 Å². The number of esters is 1. The number of hydrogen-bond acceptors (Lipinski definition) is 6. The van der Waals surface area contributed by atoms with Crippen molar-refractivity contribution in [3.05, 3.63) is 29.6 Å². The monoisotopic (exact) mass is 366 g/mol. The van der Waals surface area contributed by atoms with E-state index in [1.165, 1.54) is 13.3 Å². The van der Waals surface area contributed by atoms with E-state index in [-0.39, 0.29) is 6.10 Å². The fourth-order valence-electron chi connectivity index (χ4n) is 3.34. The summed E-state index contributed by atoms with van der Waals surface area (Å²) in [4.78, 5) is 11.9. The zero-order valence-electron chi connectivity index (χ0n) is 14.1. The maximum atomic E-state index is 11.9. The van der Waals surface area contributed by atoms with Crippen molar-refractivity contribution in [1.29, 1.82) is 0 Å². The van der Waals surface area contributed by atoms with Gasteiger partial charge in [0.2, 0.25) is 0 Å². The van der Waals surface area contributed by atoms with Crippen molar-refractivity contribution in [3.8, 4) is 5.75 Å². The van der Waals surface area contributed by atoms with Gasteiger partial charge < -0.3 is 9.47 Å². The van der Waals surface area contributed by atoms with E-state index in [9.17, 15) is 13.9 Å². The Hall–Kier alpha value is -1.77. The molecule has 1 aliphatic heterocycles. The molecule has 0 bridgehead atoms. The number of fused-ring (bicyclic) bond motifs is 1. The molecule has 1 saturated heterocycles. The van der Waals surface area contributed by atoms with Crippen LogP contribution >= 0.6 is 10.6 Å². The van der Waals surface area contributed by atoms with E-state index in [1.54, 1.807) is 4.52 Å². The van der Waals surface area contributed by atoms with E-state index >= 15 is 0 Å². The lowest BCUT2D eigenvalue weighted by atomic mass is 10.1. The van der Waals surface area contributed by atoms with Gasteiger partial charge in [0.25, 0.3) is 0 Å². The molecule has 1 saturated carbocycles. The molecule has 8 heteroatoms. The first kappa shape index (κ1) is 16.7. The Labute approximate surface area is 147 Å². The van der Waals surface area contributed by atoms with Crippen LogP contribution in [0.3, 0.4) is 0 Å². The minimum absolute atomic E-state index is 0.0227. The summed E-state index contributed by atoms with van der Waals surface area (Å²) in [7, 11) is -1.06. The summed E-state index contributed by atoms with van der Waals surface area (Å²) in [5.41, 5.74) is 2.16. The molecule has 2 aromatic rings. The molecule has 25 heavy (non-hydrogen) atoms. The summed E-state index contributed by atoms with van der Waals surface area (Å²) in [5.74, 6) is 1.55. The van der Waals surface area contributed by atoms with E-state index in [0.29, 0.717) is 35.8 Å². The molecule has 0 unspecified atom stereocenters. The van der Waals surface area contributed by atoms with Crippen molar-refractivity contribution in [3.63, 3.8) is 0 Å². The predicted octanol–water partition coefficient (Wildman–Crippen LogP) is 3.29. The maximum absolute atomic E-state index is 11.9. The highest BCUT2D eigenvalue weighted by Crippen LogP contribution is 2.47. The zero-order valence-corrected chi connectivity index (χ0v) is 14.9. The average Bonchev–Trinajstić information content (AvgIpc) is 3.34. The van der Waals surface area contributed by atoms with Crippen LogP contribution in [0, 0.1) is 0 Å². The van der Waals surface area contributed by atoms with Crippen LogP contribution in [-0.2, 0) is 4.74 Å². The summed E-state index contributed by atoms with van der Waals surface area (Å²) in [6.07, 6.45) is 4.94. The van der Waals surface area contributed by atoms with Crippen molar-refractivity contribution in [2.45, 2.75) is 37.7 Å². The summed E-state index contributed by atoms with van der Waals surface area (Å²) in [6, 6.07) is 3.72. The van der Waals surface area contributed by atoms with Gasteiger partial charge in [0.1, 0.15) is 17.4 Å². The Morgan fingerprint density at radius 3 is 2.60 bits per heavy atom. The first-order valence-corrected chi connectivity index (χ1v) is 10.4. The molecule has 136 valence electrons. The summed E-state index contributed by atoms with van der Waals surface area (Å²) in [5, 5.41) is 4.39. The number of nitrogens with zero attached hydrogens (tertiary/aromatic N) is 2. The third kappa shape index (κ3) is 3.21. The first-order chi connectivity index (χ1) is 12.0. The Morgan fingerprint density at radius 2 is 1.96 bits per heavy atom. The minimum atomic E-state index is -2.41. The third-order valence-electron chi connectivity index (χ3n) is 4.88. The molecule has 3 heterocycles. The second-order valence-electron chi connectivity index (χ2n) is 6.73. The van der Waals surface area contributed by atoms with Gasteiger partial charge in [0.15, 0.2) is 0 Å². The van der Waals surface area contributed by atoms with Gasteiger partial charge in [-0.25, -0.2) is 9.31 Å². The van der Waals surface area contributed by atoms with Crippen molar-refractivity contribution in [2.24, 2.45) is 0 Å². The summed E-state index contributed by atoms with van der Waals surface area (Å²) >= 11 is 0. The lowest BCUT2D eigenvalue weighted by Crippen LogP contribution is -2.29. The third-order valence-corrected chi connectivity index (χ3v) is 6.66. The summed E-state index contributed by atoms with van der Waals surface area (Å²) in [6.45, 7) is 0. The first-order valence-electron chi connectivity index (χ1n) is 8.48. The van der Waals surface area contributed by atoms with Crippen LogP contribution in [-0.4, -0.2) is 49.4 Å². The van der Waals surface area contributed by atoms with Crippen LogP contribution in [0.25, 0.3) is 5.52 Å². The molecule has 0 spiro atoms. The molecule has 0 atom stereocenters. The van der Waals surface area contributed by atoms with Crippen molar-refractivity contribution < 1.29 is 23.4 Å². The number of aromatic nitrogens is 2. The van der Waals surface area contributed by atoms with Gasteiger partial charge in [-0.1, -0.05) is 0 Å². The Bertz CT molecular complexity index is 805. The van der Waals surface area contributed by atoms with Crippen molar-refractivity contribution in [2.75, 3.05) is 18.6 Å². The Balaban J connectivity index is 1.65. The van der Waals surface area contributed by atoms with Crippen LogP contribution in [0.5, 0.6) is 5.75 Å². The fraction of sp³-hybridized carbons (Fsp3) is 0.529.